The fraction of sp³-hybridized carbons (Fsp3) is 0.667. The lowest BCUT2D eigenvalue weighted by atomic mass is 10.3. The molecule has 0 aromatic rings. The first-order valence-corrected chi connectivity index (χ1v) is 7.32. The molecule has 16 heavy (non-hydrogen) atoms. The minimum atomic E-state index is -4.41. The van der Waals surface area contributed by atoms with E-state index < -0.39 is 15.6 Å². The van der Waals surface area contributed by atoms with Crippen molar-refractivity contribution in [3.63, 3.8) is 0 Å². The van der Waals surface area contributed by atoms with Crippen LogP contribution in [-0.2, 0) is 18.2 Å². The third kappa shape index (κ3) is 14.0. The highest BCUT2D eigenvalue weighted by atomic mass is 31.2. The maximum absolute atomic E-state index is 10.2. The summed E-state index contributed by atoms with van der Waals surface area (Å²) in [5.41, 5.74) is 0. The van der Waals surface area contributed by atoms with Crippen molar-refractivity contribution in [2.45, 2.75) is 12.8 Å². The van der Waals surface area contributed by atoms with Gasteiger partial charge in [0.2, 0.25) is 0 Å². The Morgan fingerprint density at radius 2 is 1.12 bits per heavy atom. The molecule has 4 N–H and O–H groups in total. The zero-order valence-corrected chi connectivity index (χ0v) is 10.1. The van der Waals surface area contributed by atoms with Gasteiger partial charge in [-0.2, -0.15) is 0 Å². The van der Waals surface area contributed by atoms with Gasteiger partial charge in [-0.05, 0) is 12.8 Å². The Bertz CT molecular complexity index is 272. The normalized spacial score (nSPS) is 13.5. The van der Waals surface area contributed by atoms with Crippen LogP contribution in [0.25, 0.3) is 0 Å². The first-order valence-electron chi connectivity index (χ1n) is 4.26. The minimum absolute atomic E-state index is 0.125. The topological polar surface area (TPSA) is 134 Å². The Kier molecular flexibility index (Phi) is 7.30. The van der Waals surface area contributed by atoms with Crippen molar-refractivity contribution in [2.24, 2.45) is 0 Å². The van der Waals surface area contributed by atoms with E-state index in [0.717, 1.165) is 0 Å². The highest BCUT2D eigenvalue weighted by Crippen LogP contribution is 2.36. The maximum Gasteiger partial charge on any atom is 0.469 e. The molecule has 0 bridgehead atoms. The molecule has 0 aliphatic carbocycles. The summed E-state index contributed by atoms with van der Waals surface area (Å²) in [4.78, 5) is 33.2. The quantitative estimate of drug-likeness (QED) is 0.287. The summed E-state index contributed by atoms with van der Waals surface area (Å²) in [5.74, 6) is 0. The highest BCUT2D eigenvalue weighted by Gasteiger charge is 2.12. The van der Waals surface area contributed by atoms with Gasteiger partial charge in [-0.15, -0.1) is 0 Å². The second-order valence-corrected chi connectivity index (χ2v) is 5.18. The van der Waals surface area contributed by atoms with Crippen molar-refractivity contribution in [1.29, 1.82) is 0 Å². The third-order valence-electron chi connectivity index (χ3n) is 1.25. The SMILES string of the molecule is O=P(O)(O)OCC/C=C/CCOP(=O)(O)O. The summed E-state index contributed by atoms with van der Waals surface area (Å²) >= 11 is 0. The van der Waals surface area contributed by atoms with E-state index in [1.54, 1.807) is 12.2 Å². The number of hydrogen-bond acceptors (Lipinski definition) is 4. The molecular formula is C6H14O8P2. The van der Waals surface area contributed by atoms with Gasteiger partial charge >= 0.3 is 15.6 Å². The Hall–Kier alpha value is -0.0400. The monoisotopic (exact) mass is 276 g/mol. The molecule has 0 aromatic carbocycles. The lowest BCUT2D eigenvalue weighted by molar-refractivity contribution is 0.197. The van der Waals surface area contributed by atoms with Crippen molar-refractivity contribution in [1.82, 2.24) is 0 Å². The zero-order valence-electron chi connectivity index (χ0n) is 8.30. The zero-order chi connectivity index (χ0) is 12.7. The summed E-state index contributed by atoms with van der Waals surface area (Å²) in [6.45, 7) is -0.250. The summed E-state index contributed by atoms with van der Waals surface area (Å²) in [6, 6.07) is 0. The van der Waals surface area contributed by atoms with Crippen LogP contribution in [0.2, 0.25) is 0 Å². The van der Waals surface area contributed by atoms with Crippen molar-refractivity contribution < 1.29 is 37.8 Å². The van der Waals surface area contributed by atoms with Crippen LogP contribution in [0.4, 0.5) is 0 Å². The average molecular weight is 276 g/mol. The molecule has 0 fully saturated rings. The molecule has 8 nitrogen and oxygen atoms in total. The molecule has 0 saturated heterocycles. The van der Waals surface area contributed by atoms with E-state index in [2.05, 4.69) is 9.05 Å². The number of rotatable bonds is 8. The summed E-state index contributed by atoms with van der Waals surface area (Å²) in [6.07, 6.45) is 3.72. The van der Waals surface area contributed by atoms with Gasteiger partial charge in [0.1, 0.15) is 0 Å². The van der Waals surface area contributed by atoms with Crippen molar-refractivity contribution in [2.75, 3.05) is 13.2 Å². The fourth-order valence-corrected chi connectivity index (χ4v) is 1.40. The van der Waals surface area contributed by atoms with Crippen LogP contribution >= 0.6 is 15.6 Å². The van der Waals surface area contributed by atoms with Gasteiger partial charge < -0.3 is 19.6 Å². The van der Waals surface area contributed by atoms with Gasteiger partial charge in [-0.25, -0.2) is 9.13 Å². The van der Waals surface area contributed by atoms with Crippen LogP contribution < -0.4 is 0 Å². The summed E-state index contributed by atoms with van der Waals surface area (Å²) in [5, 5.41) is 0. The van der Waals surface area contributed by atoms with Crippen LogP contribution in [-0.4, -0.2) is 32.8 Å². The first-order chi connectivity index (χ1) is 7.21. The van der Waals surface area contributed by atoms with Crippen molar-refractivity contribution in [3.05, 3.63) is 12.2 Å². The molecule has 0 atom stereocenters. The second-order valence-electron chi connectivity index (χ2n) is 2.70. The molecule has 10 heteroatoms. The summed E-state index contributed by atoms with van der Waals surface area (Å²) < 4.78 is 28.7. The highest BCUT2D eigenvalue weighted by molar-refractivity contribution is 7.46. The molecule has 0 aliphatic heterocycles. The predicted octanol–water partition coefficient (Wildman–Crippen LogP) is 0.541. The van der Waals surface area contributed by atoms with Crippen molar-refractivity contribution >= 4 is 15.6 Å². The minimum Gasteiger partial charge on any atom is -0.303 e. The Balaban J connectivity index is 3.43. The van der Waals surface area contributed by atoms with Crippen LogP contribution in [0.15, 0.2) is 12.2 Å². The Labute approximate surface area is 92.4 Å². The van der Waals surface area contributed by atoms with Crippen LogP contribution in [0.3, 0.4) is 0 Å². The van der Waals surface area contributed by atoms with E-state index in [1.807, 2.05) is 0 Å². The Morgan fingerprint density at radius 1 is 0.812 bits per heavy atom. The van der Waals surface area contributed by atoms with E-state index in [4.69, 9.17) is 19.6 Å². The first kappa shape index (κ1) is 16.0. The largest absolute Gasteiger partial charge is 0.469 e. The van der Waals surface area contributed by atoms with Crippen molar-refractivity contribution in [3.8, 4) is 0 Å². The smallest absolute Gasteiger partial charge is 0.303 e. The van der Waals surface area contributed by atoms with E-state index in [1.165, 1.54) is 0 Å². The molecule has 96 valence electrons. The maximum atomic E-state index is 10.2. The van der Waals surface area contributed by atoms with Gasteiger partial charge in [0, 0.05) is 0 Å². The molecule has 0 rings (SSSR count). The fourth-order valence-electron chi connectivity index (χ4n) is 0.715. The number of phosphoric ester groups is 2. The van der Waals surface area contributed by atoms with Crippen LogP contribution in [0, 0.1) is 0 Å². The summed E-state index contributed by atoms with van der Waals surface area (Å²) in [7, 11) is -8.82. The molecule has 0 saturated carbocycles. The molecule has 0 amide bonds. The average Bonchev–Trinajstić information content (AvgIpc) is 2.06. The van der Waals surface area contributed by atoms with Gasteiger partial charge in [0.15, 0.2) is 0 Å². The molecule has 0 unspecified atom stereocenters. The van der Waals surface area contributed by atoms with E-state index >= 15 is 0 Å². The van der Waals surface area contributed by atoms with Crippen LogP contribution in [0.5, 0.6) is 0 Å². The van der Waals surface area contributed by atoms with E-state index in [-0.39, 0.29) is 13.2 Å². The van der Waals surface area contributed by atoms with E-state index in [0.29, 0.717) is 12.8 Å². The molecule has 0 spiro atoms. The van der Waals surface area contributed by atoms with Gasteiger partial charge in [-0.3, -0.25) is 9.05 Å². The molecule has 0 aromatic heterocycles. The molecule has 0 radical (unpaired) electrons. The van der Waals surface area contributed by atoms with Gasteiger partial charge in [0.05, 0.1) is 13.2 Å². The standard InChI is InChI=1S/C6H14O8P2/c7-15(8,9)13-5-3-1-2-4-6-14-16(10,11)12/h1-2H,3-6H2,(H2,7,8,9)(H2,10,11,12)/b2-1+. The predicted molar refractivity (Wildman–Crippen MR) is 54.4 cm³/mol. The molecule has 0 heterocycles. The lowest BCUT2D eigenvalue weighted by Gasteiger charge is -2.03. The molecule has 0 aliphatic rings. The Morgan fingerprint density at radius 3 is 1.38 bits per heavy atom. The number of hydrogen-bond donors (Lipinski definition) is 4. The lowest BCUT2D eigenvalue weighted by Crippen LogP contribution is -1.91. The second kappa shape index (κ2) is 7.32. The van der Waals surface area contributed by atoms with Gasteiger partial charge in [0.25, 0.3) is 0 Å². The molecular weight excluding hydrogens is 262 g/mol. The van der Waals surface area contributed by atoms with E-state index in [9.17, 15) is 9.13 Å². The van der Waals surface area contributed by atoms with Crippen LogP contribution in [0.1, 0.15) is 12.8 Å². The number of phosphoric acid groups is 2. The van der Waals surface area contributed by atoms with Gasteiger partial charge in [-0.1, -0.05) is 12.2 Å². The third-order valence-corrected chi connectivity index (χ3v) is 2.29.